The minimum absolute atomic E-state index is 0.114. The largest absolute Gasteiger partial charge is 0.507 e. The molecule has 1 rings (SSSR count). The van der Waals surface area contributed by atoms with Crippen molar-refractivity contribution in [2.45, 2.75) is 13.0 Å². The van der Waals surface area contributed by atoms with Crippen LogP contribution in [-0.2, 0) is 0 Å². The molecule has 0 aliphatic carbocycles. The van der Waals surface area contributed by atoms with E-state index < -0.39 is 11.9 Å². The first kappa shape index (κ1) is 9.48. The number of nitrogens with two attached hydrogens (primary N) is 1. The van der Waals surface area contributed by atoms with Crippen LogP contribution < -0.4 is 5.73 Å². The smallest absolute Gasteiger partial charge is 0.132 e. The lowest BCUT2D eigenvalue weighted by Gasteiger charge is -2.09. The predicted molar refractivity (Wildman–Crippen MR) is 48.4 cm³/mol. The molecule has 3 N–H and O–H groups in total. The molecule has 0 aromatic heterocycles. The van der Waals surface area contributed by atoms with E-state index in [2.05, 4.69) is 15.9 Å². The van der Waals surface area contributed by atoms with Gasteiger partial charge in [0.2, 0.25) is 0 Å². The summed E-state index contributed by atoms with van der Waals surface area (Å²) in [5.41, 5.74) is 5.60. The van der Waals surface area contributed by atoms with E-state index in [1.54, 1.807) is 6.92 Å². The molecule has 0 heterocycles. The van der Waals surface area contributed by atoms with Gasteiger partial charge in [-0.1, -0.05) is 15.9 Å². The molecule has 4 heteroatoms. The fourth-order valence-electron chi connectivity index (χ4n) is 1.02. The van der Waals surface area contributed by atoms with Gasteiger partial charge in [0.1, 0.15) is 11.6 Å². The molecule has 1 atom stereocenters. The maximum Gasteiger partial charge on any atom is 0.132 e. The summed E-state index contributed by atoms with van der Waals surface area (Å²) in [5, 5.41) is 9.29. The van der Waals surface area contributed by atoms with E-state index >= 15 is 0 Å². The third-order valence-corrected chi connectivity index (χ3v) is 1.99. The van der Waals surface area contributed by atoms with Gasteiger partial charge in [-0.05, 0) is 19.1 Å². The van der Waals surface area contributed by atoms with E-state index in [0.29, 0.717) is 4.47 Å². The molecule has 1 aromatic rings. The van der Waals surface area contributed by atoms with Gasteiger partial charge < -0.3 is 10.8 Å². The summed E-state index contributed by atoms with van der Waals surface area (Å²) in [6.07, 6.45) is 0. The number of hydrogen-bond donors (Lipinski definition) is 2. The fraction of sp³-hybridized carbons (Fsp3) is 0.250. The molecule has 0 spiro atoms. The number of rotatable bonds is 1. The zero-order chi connectivity index (χ0) is 9.30. The quantitative estimate of drug-likeness (QED) is 0.783. The molecule has 12 heavy (non-hydrogen) atoms. The summed E-state index contributed by atoms with van der Waals surface area (Å²) in [5.74, 6) is -0.603. The minimum atomic E-state index is -0.502. The molecule has 66 valence electrons. The van der Waals surface area contributed by atoms with E-state index in [9.17, 15) is 9.50 Å². The lowest BCUT2D eigenvalue weighted by Crippen LogP contribution is -2.07. The fourth-order valence-corrected chi connectivity index (χ4v) is 1.44. The summed E-state index contributed by atoms with van der Waals surface area (Å²) < 4.78 is 13.6. The van der Waals surface area contributed by atoms with Crippen molar-refractivity contribution >= 4 is 15.9 Å². The molecule has 0 saturated carbocycles. The van der Waals surface area contributed by atoms with Crippen LogP contribution in [0, 0.1) is 5.82 Å². The Balaban J connectivity index is 3.28. The molecular formula is C8H9BrFNO. The summed E-state index contributed by atoms with van der Waals surface area (Å²) in [7, 11) is 0. The molecule has 0 amide bonds. The van der Waals surface area contributed by atoms with Gasteiger partial charge in [0.05, 0.1) is 0 Å². The number of halogens is 2. The van der Waals surface area contributed by atoms with Gasteiger partial charge in [-0.25, -0.2) is 4.39 Å². The predicted octanol–water partition coefficient (Wildman–Crippen LogP) is 2.31. The molecular weight excluding hydrogens is 225 g/mol. The van der Waals surface area contributed by atoms with Crippen LogP contribution in [0.3, 0.4) is 0 Å². The van der Waals surface area contributed by atoms with Crippen molar-refractivity contribution < 1.29 is 9.50 Å². The Morgan fingerprint density at radius 2 is 2.17 bits per heavy atom. The molecule has 0 radical (unpaired) electrons. The number of phenolic OH excluding ortho intramolecular Hbond substituents is 1. The second-order valence-electron chi connectivity index (χ2n) is 2.61. The lowest BCUT2D eigenvalue weighted by atomic mass is 10.1. The zero-order valence-corrected chi connectivity index (χ0v) is 8.10. The Morgan fingerprint density at radius 1 is 1.58 bits per heavy atom. The Hall–Kier alpha value is -0.610. The highest BCUT2D eigenvalue weighted by atomic mass is 79.9. The summed E-state index contributed by atoms with van der Waals surface area (Å²) in [4.78, 5) is 0. The van der Waals surface area contributed by atoms with Gasteiger partial charge in [-0.15, -0.1) is 0 Å². The molecule has 0 unspecified atom stereocenters. The van der Waals surface area contributed by atoms with Crippen LogP contribution >= 0.6 is 15.9 Å². The Kier molecular flexibility index (Phi) is 2.69. The van der Waals surface area contributed by atoms with E-state index in [1.165, 1.54) is 12.1 Å². The summed E-state index contributed by atoms with van der Waals surface area (Å²) in [6, 6.07) is 2.19. The van der Waals surface area contributed by atoms with E-state index in [4.69, 9.17) is 5.73 Å². The van der Waals surface area contributed by atoms with Crippen LogP contribution in [0.1, 0.15) is 18.5 Å². The van der Waals surface area contributed by atoms with Crippen molar-refractivity contribution in [3.05, 3.63) is 28.0 Å². The van der Waals surface area contributed by atoms with Crippen molar-refractivity contribution in [3.8, 4) is 5.75 Å². The second kappa shape index (κ2) is 3.41. The molecule has 0 aliphatic heterocycles. The summed E-state index contributed by atoms with van der Waals surface area (Å²) in [6.45, 7) is 1.62. The molecule has 0 fully saturated rings. The SMILES string of the molecule is C[C@@H](N)c1c(O)cc(Br)cc1F. The van der Waals surface area contributed by atoms with Crippen LogP contribution in [0.2, 0.25) is 0 Å². The first-order valence-corrected chi connectivity index (χ1v) is 4.25. The first-order valence-electron chi connectivity index (χ1n) is 3.46. The number of phenols is 1. The minimum Gasteiger partial charge on any atom is -0.507 e. The molecule has 0 bridgehead atoms. The highest BCUT2D eigenvalue weighted by molar-refractivity contribution is 9.10. The zero-order valence-electron chi connectivity index (χ0n) is 6.51. The van der Waals surface area contributed by atoms with Crippen molar-refractivity contribution in [3.63, 3.8) is 0 Å². The summed E-state index contributed by atoms with van der Waals surface area (Å²) >= 11 is 3.06. The van der Waals surface area contributed by atoms with Crippen LogP contribution in [-0.4, -0.2) is 5.11 Å². The van der Waals surface area contributed by atoms with Crippen LogP contribution in [0.5, 0.6) is 5.75 Å². The van der Waals surface area contributed by atoms with Gasteiger partial charge in [0.25, 0.3) is 0 Å². The highest BCUT2D eigenvalue weighted by Crippen LogP contribution is 2.29. The van der Waals surface area contributed by atoms with Crippen molar-refractivity contribution in [2.75, 3.05) is 0 Å². The van der Waals surface area contributed by atoms with Gasteiger partial charge in [-0.3, -0.25) is 0 Å². The van der Waals surface area contributed by atoms with E-state index in [1.807, 2.05) is 0 Å². The van der Waals surface area contributed by atoms with Crippen LogP contribution in [0.25, 0.3) is 0 Å². The average Bonchev–Trinajstić information content (AvgIpc) is 1.82. The van der Waals surface area contributed by atoms with Gasteiger partial charge in [0.15, 0.2) is 0 Å². The Labute approximate surface area is 78.3 Å². The van der Waals surface area contributed by atoms with E-state index in [0.717, 1.165) is 0 Å². The number of hydrogen-bond acceptors (Lipinski definition) is 2. The standard InChI is InChI=1S/C8H9BrFNO/c1-4(11)8-6(10)2-5(9)3-7(8)12/h2-4,12H,11H2,1H3/t4-/m1/s1. The topological polar surface area (TPSA) is 46.2 Å². The number of benzene rings is 1. The van der Waals surface area contributed by atoms with Crippen molar-refractivity contribution in [1.29, 1.82) is 0 Å². The molecule has 1 aromatic carbocycles. The normalized spacial score (nSPS) is 13.0. The van der Waals surface area contributed by atoms with Crippen LogP contribution in [0.4, 0.5) is 4.39 Å². The molecule has 2 nitrogen and oxygen atoms in total. The Bertz CT molecular complexity index is 278. The Morgan fingerprint density at radius 3 is 2.58 bits per heavy atom. The van der Waals surface area contributed by atoms with E-state index in [-0.39, 0.29) is 11.3 Å². The molecule has 0 aliphatic rings. The van der Waals surface area contributed by atoms with Crippen molar-refractivity contribution in [2.24, 2.45) is 5.73 Å². The third-order valence-electron chi connectivity index (χ3n) is 1.53. The highest BCUT2D eigenvalue weighted by Gasteiger charge is 2.12. The molecule has 0 saturated heterocycles. The lowest BCUT2D eigenvalue weighted by molar-refractivity contribution is 0.451. The third kappa shape index (κ3) is 1.76. The van der Waals surface area contributed by atoms with Crippen molar-refractivity contribution in [1.82, 2.24) is 0 Å². The monoisotopic (exact) mass is 233 g/mol. The van der Waals surface area contributed by atoms with Gasteiger partial charge in [-0.2, -0.15) is 0 Å². The maximum atomic E-state index is 13.1. The van der Waals surface area contributed by atoms with Gasteiger partial charge >= 0.3 is 0 Å². The second-order valence-corrected chi connectivity index (χ2v) is 3.52. The van der Waals surface area contributed by atoms with Crippen LogP contribution in [0.15, 0.2) is 16.6 Å². The van der Waals surface area contributed by atoms with Gasteiger partial charge in [0, 0.05) is 16.1 Å². The average molecular weight is 234 g/mol. The number of aromatic hydroxyl groups is 1. The first-order chi connectivity index (χ1) is 5.52. The maximum absolute atomic E-state index is 13.1.